The average molecular weight is 189 g/mol. The van der Waals surface area contributed by atoms with Gasteiger partial charge in [-0.3, -0.25) is 4.68 Å². The summed E-state index contributed by atoms with van der Waals surface area (Å²) in [6.45, 7) is 1.89. The average Bonchev–Trinajstić information content (AvgIpc) is 2.49. The van der Waals surface area contributed by atoms with Crippen LogP contribution in [0.5, 0.6) is 0 Å². The highest BCUT2D eigenvalue weighted by atomic mass is 15.3. The highest BCUT2D eigenvalue weighted by Crippen LogP contribution is 2.14. The second-order valence-electron chi connectivity index (χ2n) is 3.10. The topological polar surface area (TPSA) is 69.6 Å². The molecule has 0 amide bonds. The smallest absolute Gasteiger partial charge is 0.180 e. The Morgan fingerprint density at radius 2 is 2.14 bits per heavy atom. The summed E-state index contributed by atoms with van der Waals surface area (Å²) in [6, 6.07) is 3.59. The van der Waals surface area contributed by atoms with E-state index in [1.807, 2.05) is 20.0 Å². The molecule has 0 radical (unpaired) electrons. The Balaban J connectivity index is 2.57. The van der Waals surface area contributed by atoms with Crippen molar-refractivity contribution < 1.29 is 0 Å². The Hall–Kier alpha value is -1.91. The van der Waals surface area contributed by atoms with Crippen molar-refractivity contribution in [2.75, 3.05) is 5.73 Å². The number of aromatic nitrogens is 4. The van der Waals surface area contributed by atoms with Gasteiger partial charge in [-0.1, -0.05) is 0 Å². The second-order valence-corrected chi connectivity index (χ2v) is 3.10. The number of rotatable bonds is 1. The minimum Gasteiger partial charge on any atom is -0.384 e. The fraction of sp³-hybridized carbons (Fsp3) is 0.222. The van der Waals surface area contributed by atoms with E-state index in [1.54, 1.807) is 16.9 Å². The highest BCUT2D eigenvalue weighted by molar-refractivity contribution is 5.51. The molecular formula is C9H11N5. The quantitative estimate of drug-likeness (QED) is 0.719. The Kier molecular flexibility index (Phi) is 1.92. The van der Waals surface area contributed by atoms with Crippen LogP contribution >= 0.6 is 0 Å². The molecule has 2 rings (SSSR count). The van der Waals surface area contributed by atoms with E-state index in [-0.39, 0.29) is 0 Å². The molecule has 0 aromatic carbocycles. The highest BCUT2D eigenvalue weighted by Gasteiger charge is 2.06. The van der Waals surface area contributed by atoms with Gasteiger partial charge in [0.25, 0.3) is 0 Å². The molecule has 0 saturated carbocycles. The molecule has 14 heavy (non-hydrogen) atoms. The van der Waals surface area contributed by atoms with Gasteiger partial charge in [0.2, 0.25) is 0 Å². The monoisotopic (exact) mass is 189 g/mol. The van der Waals surface area contributed by atoms with Crippen LogP contribution in [0.4, 0.5) is 5.82 Å². The van der Waals surface area contributed by atoms with E-state index >= 15 is 0 Å². The molecule has 0 saturated heterocycles. The third kappa shape index (κ3) is 1.44. The molecule has 0 aliphatic heterocycles. The van der Waals surface area contributed by atoms with Gasteiger partial charge in [0.05, 0.1) is 0 Å². The van der Waals surface area contributed by atoms with Gasteiger partial charge in [-0.25, -0.2) is 9.97 Å². The first-order valence-electron chi connectivity index (χ1n) is 4.26. The van der Waals surface area contributed by atoms with Crippen molar-refractivity contribution in [1.29, 1.82) is 0 Å². The van der Waals surface area contributed by atoms with Crippen LogP contribution in [0.3, 0.4) is 0 Å². The van der Waals surface area contributed by atoms with Crippen molar-refractivity contribution in [2.24, 2.45) is 7.05 Å². The van der Waals surface area contributed by atoms with Crippen LogP contribution in [0.25, 0.3) is 11.5 Å². The number of nitrogen functional groups attached to an aromatic ring is 1. The first-order valence-corrected chi connectivity index (χ1v) is 4.26. The van der Waals surface area contributed by atoms with E-state index in [0.717, 1.165) is 11.4 Å². The third-order valence-corrected chi connectivity index (χ3v) is 1.92. The molecule has 0 spiro atoms. The molecule has 72 valence electrons. The van der Waals surface area contributed by atoms with Crippen molar-refractivity contribution in [3.63, 3.8) is 0 Å². The zero-order chi connectivity index (χ0) is 10.1. The molecule has 2 aromatic rings. The van der Waals surface area contributed by atoms with E-state index in [4.69, 9.17) is 5.73 Å². The molecule has 2 aromatic heterocycles. The van der Waals surface area contributed by atoms with Crippen molar-refractivity contribution in [1.82, 2.24) is 19.7 Å². The lowest BCUT2D eigenvalue weighted by Crippen LogP contribution is -2.01. The number of nitrogens with zero attached hydrogens (tertiary/aromatic N) is 4. The number of anilines is 1. The minimum absolute atomic E-state index is 0.480. The molecule has 0 aliphatic rings. The van der Waals surface area contributed by atoms with Crippen molar-refractivity contribution in [3.8, 4) is 11.5 Å². The summed E-state index contributed by atoms with van der Waals surface area (Å²) in [4.78, 5) is 8.43. The summed E-state index contributed by atoms with van der Waals surface area (Å²) >= 11 is 0. The summed E-state index contributed by atoms with van der Waals surface area (Å²) in [6.07, 6.45) is 1.71. The maximum absolute atomic E-state index is 5.63. The number of hydrogen-bond donors (Lipinski definition) is 1. The Labute approximate surface area is 81.6 Å². The van der Waals surface area contributed by atoms with Crippen LogP contribution < -0.4 is 5.73 Å². The lowest BCUT2D eigenvalue weighted by atomic mass is 10.3. The molecule has 0 unspecified atom stereocenters. The summed E-state index contributed by atoms with van der Waals surface area (Å²) in [5.41, 5.74) is 7.35. The Morgan fingerprint density at radius 1 is 1.36 bits per heavy atom. The van der Waals surface area contributed by atoms with Gasteiger partial charge in [-0.15, -0.1) is 0 Å². The molecule has 2 N–H and O–H groups in total. The van der Waals surface area contributed by atoms with E-state index in [2.05, 4.69) is 15.1 Å². The van der Waals surface area contributed by atoms with Gasteiger partial charge in [0, 0.05) is 25.0 Å². The van der Waals surface area contributed by atoms with E-state index in [0.29, 0.717) is 11.6 Å². The van der Waals surface area contributed by atoms with Gasteiger partial charge >= 0.3 is 0 Å². The molecule has 0 aliphatic carbocycles. The number of hydrogen-bond acceptors (Lipinski definition) is 4. The standard InChI is InChI=1S/C9H11N5/c1-6-5-8(10)13-9(12-6)7-3-4-11-14(7)2/h3-5H,1-2H3,(H2,10,12,13). The molecule has 0 atom stereocenters. The van der Waals surface area contributed by atoms with Gasteiger partial charge in [-0.05, 0) is 13.0 Å². The molecule has 0 fully saturated rings. The Morgan fingerprint density at radius 3 is 2.71 bits per heavy atom. The van der Waals surface area contributed by atoms with Gasteiger partial charge in [0.15, 0.2) is 5.82 Å². The van der Waals surface area contributed by atoms with E-state index < -0.39 is 0 Å². The fourth-order valence-electron chi connectivity index (χ4n) is 1.30. The lowest BCUT2D eigenvalue weighted by molar-refractivity contribution is 0.769. The number of aryl methyl sites for hydroxylation is 2. The van der Waals surface area contributed by atoms with Crippen LogP contribution in [0, 0.1) is 6.92 Å². The van der Waals surface area contributed by atoms with Crippen LogP contribution in [-0.2, 0) is 7.05 Å². The largest absolute Gasteiger partial charge is 0.384 e. The molecule has 5 heteroatoms. The zero-order valence-corrected chi connectivity index (χ0v) is 8.10. The number of nitrogens with two attached hydrogens (primary N) is 1. The first-order chi connectivity index (χ1) is 6.66. The van der Waals surface area contributed by atoms with Crippen molar-refractivity contribution >= 4 is 5.82 Å². The SMILES string of the molecule is Cc1cc(N)nc(-c2ccnn2C)n1. The predicted molar refractivity (Wildman–Crippen MR) is 53.4 cm³/mol. The van der Waals surface area contributed by atoms with Crippen LogP contribution in [0.1, 0.15) is 5.69 Å². The summed E-state index contributed by atoms with van der Waals surface area (Å²) in [5.74, 6) is 1.09. The molecule has 2 heterocycles. The molecular weight excluding hydrogens is 178 g/mol. The first kappa shape index (κ1) is 8.68. The third-order valence-electron chi connectivity index (χ3n) is 1.92. The Bertz CT molecular complexity index is 440. The van der Waals surface area contributed by atoms with Crippen LogP contribution in [0.2, 0.25) is 0 Å². The van der Waals surface area contributed by atoms with Gasteiger partial charge in [-0.2, -0.15) is 5.10 Å². The van der Waals surface area contributed by atoms with E-state index in [1.165, 1.54) is 0 Å². The summed E-state index contributed by atoms with van der Waals surface area (Å²) < 4.78 is 1.72. The normalized spacial score (nSPS) is 10.4. The summed E-state index contributed by atoms with van der Waals surface area (Å²) in [5, 5.41) is 4.05. The predicted octanol–water partition coefficient (Wildman–Crippen LogP) is 0.768. The molecule has 5 nitrogen and oxygen atoms in total. The van der Waals surface area contributed by atoms with Crippen LogP contribution in [0.15, 0.2) is 18.3 Å². The maximum atomic E-state index is 5.63. The van der Waals surface area contributed by atoms with Crippen LogP contribution in [-0.4, -0.2) is 19.7 Å². The van der Waals surface area contributed by atoms with Gasteiger partial charge < -0.3 is 5.73 Å². The van der Waals surface area contributed by atoms with E-state index in [9.17, 15) is 0 Å². The zero-order valence-electron chi connectivity index (χ0n) is 8.10. The van der Waals surface area contributed by atoms with Gasteiger partial charge in [0.1, 0.15) is 11.5 Å². The second kappa shape index (κ2) is 3.10. The van der Waals surface area contributed by atoms with Crippen molar-refractivity contribution in [2.45, 2.75) is 6.92 Å². The van der Waals surface area contributed by atoms with Crippen molar-refractivity contribution in [3.05, 3.63) is 24.0 Å². The summed E-state index contributed by atoms with van der Waals surface area (Å²) in [7, 11) is 1.84. The maximum Gasteiger partial charge on any atom is 0.180 e. The molecule has 0 bridgehead atoms. The minimum atomic E-state index is 0.480. The lowest BCUT2D eigenvalue weighted by Gasteiger charge is -2.02. The fourth-order valence-corrected chi connectivity index (χ4v) is 1.30.